The lowest BCUT2D eigenvalue weighted by Crippen LogP contribution is -2.32. The molecule has 1 unspecified atom stereocenters. The Morgan fingerprint density at radius 2 is 2.05 bits per heavy atom. The van der Waals surface area contributed by atoms with Gasteiger partial charge in [0.25, 0.3) is 0 Å². The molecule has 0 amide bonds. The maximum absolute atomic E-state index is 10.7. The summed E-state index contributed by atoms with van der Waals surface area (Å²) in [5.41, 5.74) is 5.31. The van der Waals surface area contributed by atoms with Crippen molar-refractivity contribution in [2.45, 2.75) is 58.4 Å². The van der Waals surface area contributed by atoms with Gasteiger partial charge in [-0.3, -0.25) is 19.7 Å². The third-order valence-electron chi connectivity index (χ3n) is 7.23. The van der Waals surface area contributed by atoms with E-state index in [9.17, 15) is 5.11 Å². The van der Waals surface area contributed by atoms with Crippen molar-refractivity contribution >= 4 is 23.1 Å². The normalized spacial score (nSPS) is 19.9. The molecule has 0 aromatic carbocycles. The summed E-state index contributed by atoms with van der Waals surface area (Å²) in [5, 5.41) is 28.7. The highest BCUT2D eigenvalue weighted by atomic mass is 16.5. The molecule has 0 radical (unpaired) electrons. The first kappa shape index (κ1) is 24.6. The van der Waals surface area contributed by atoms with Crippen LogP contribution in [-0.4, -0.2) is 76.7 Å². The number of aromatic nitrogens is 7. The zero-order chi connectivity index (χ0) is 26.6. The Labute approximate surface area is 221 Å². The van der Waals surface area contributed by atoms with Crippen LogP contribution in [0.1, 0.15) is 49.3 Å². The smallest absolute Gasteiger partial charge is 0.240 e. The van der Waals surface area contributed by atoms with Crippen LogP contribution in [-0.2, 0) is 20.1 Å². The third kappa shape index (κ3) is 4.45. The van der Waals surface area contributed by atoms with Gasteiger partial charge in [0.1, 0.15) is 6.10 Å². The van der Waals surface area contributed by atoms with E-state index in [4.69, 9.17) is 19.6 Å². The number of likely N-dealkylation sites (N-methyl/N-ethyl adjacent to an activating group) is 1. The predicted octanol–water partition coefficient (Wildman–Crippen LogP) is 3.17. The second kappa shape index (κ2) is 9.25. The van der Waals surface area contributed by atoms with Crippen molar-refractivity contribution in [1.82, 2.24) is 39.6 Å². The predicted molar refractivity (Wildman–Crippen MR) is 144 cm³/mol. The van der Waals surface area contributed by atoms with E-state index >= 15 is 0 Å². The van der Waals surface area contributed by atoms with Crippen molar-refractivity contribution in [1.29, 1.82) is 0 Å². The van der Waals surface area contributed by atoms with Gasteiger partial charge in [-0.15, -0.1) is 5.10 Å². The average molecular weight is 519 g/mol. The Balaban J connectivity index is 1.52. The van der Waals surface area contributed by atoms with Gasteiger partial charge >= 0.3 is 0 Å². The van der Waals surface area contributed by atoms with Gasteiger partial charge in [0.15, 0.2) is 0 Å². The van der Waals surface area contributed by atoms with E-state index in [0.717, 1.165) is 57.6 Å². The number of hydrogen-bond donors (Lipinski definition) is 2. The van der Waals surface area contributed by atoms with Crippen LogP contribution in [0, 0.1) is 6.92 Å². The monoisotopic (exact) mass is 518 g/mol. The van der Waals surface area contributed by atoms with Crippen molar-refractivity contribution in [3.8, 4) is 23.0 Å². The van der Waals surface area contributed by atoms with E-state index in [-0.39, 0.29) is 6.10 Å². The number of fused-ring (bicyclic) bond motifs is 4. The van der Waals surface area contributed by atoms with Crippen molar-refractivity contribution in [2.24, 2.45) is 7.05 Å². The lowest BCUT2D eigenvalue weighted by molar-refractivity contribution is 0.119. The Hall–Kier alpha value is -3.70. The summed E-state index contributed by atoms with van der Waals surface area (Å²) < 4.78 is 16.1. The summed E-state index contributed by atoms with van der Waals surface area (Å²) in [7, 11) is 3.95. The molecule has 5 heterocycles. The summed E-state index contributed by atoms with van der Waals surface area (Å²) in [5.74, 6) is 1.24. The van der Waals surface area contributed by atoms with Crippen LogP contribution in [0.4, 0.5) is 0 Å². The van der Waals surface area contributed by atoms with E-state index in [0.29, 0.717) is 38.0 Å². The van der Waals surface area contributed by atoms with Gasteiger partial charge in [0.2, 0.25) is 11.8 Å². The van der Waals surface area contributed by atoms with Gasteiger partial charge in [-0.25, -0.2) is 4.68 Å². The standard InChI is InChI=1S/C27H34N8O3/c1-6-37-25-18-7-8-20-19-11-21(28-12-22(19)30-29-20)24-17(3)31-34(5)26(24)38-16(2)13-33(4)14-23(18)35(32-25)15-27(36)9-10-27/h7-8,11-12,16,36H,6,9-10,13-15H2,1-5H3,(H,29,30)/b8-7+. The first-order valence-electron chi connectivity index (χ1n) is 13.1. The van der Waals surface area contributed by atoms with Crippen LogP contribution in [0.15, 0.2) is 12.3 Å². The van der Waals surface area contributed by atoms with Gasteiger partial charge in [-0.05, 0) is 58.9 Å². The quantitative estimate of drug-likeness (QED) is 0.423. The molecule has 0 spiro atoms. The SMILES string of the molecule is CCOc1nn(CC2(O)CC2)c2c1/C=C/c1n[nH]c3cnc(cc13)-c1c(C)nn(C)c1OC(C)CN(C)C2. The summed E-state index contributed by atoms with van der Waals surface area (Å²) in [6.07, 6.45) is 7.24. The Morgan fingerprint density at radius 3 is 2.82 bits per heavy atom. The number of nitrogens with one attached hydrogen (secondary N) is 1. The van der Waals surface area contributed by atoms with Gasteiger partial charge in [-0.1, -0.05) is 0 Å². The van der Waals surface area contributed by atoms with Crippen LogP contribution in [0.5, 0.6) is 11.8 Å². The molecule has 0 saturated heterocycles. The lowest BCUT2D eigenvalue weighted by atomic mass is 10.1. The summed E-state index contributed by atoms with van der Waals surface area (Å²) >= 11 is 0. The molecule has 1 atom stereocenters. The number of aliphatic hydroxyl groups is 1. The molecule has 11 heteroatoms. The number of aryl methyl sites for hydroxylation is 2. The molecule has 4 aromatic heterocycles. The minimum absolute atomic E-state index is 0.124. The molecule has 11 nitrogen and oxygen atoms in total. The zero-order valence-corrected chi connectivity index (χ0v) is 22.5. The fraction of sp³-hybridized carbons (Fsp3) is 0.481. The molecule has 2 aliphatic rings. The van der Waals surface area contributed by atoms with E-state index in [2.05, 4.69) is 34.2 Å². The first-order chi connectivity index (χ1) is 18.2. The fourth-order valence-corrected chi connectivity index (χ4v) is 5.19. The maximum Gasteiger partial charge on any atom is 0.240 e. The number of H-pyrrole nitrogens is 1. The molecule has 1 aliphatic heterocycles. The molecule has 1 fully saturated rings. The third-order valence-corrected chi connectivity index (χ3v) is 7.23. The maximum atomic E-state index is 10.7. The van der Waals surface area contributed by atoms with Gasteiger partial charge < -0.3 is 14.6 Å². The van der Waals surface area contributed by atoms with Gasteiger partial charge in [0.05, 0.1) is 64.4 Å². The van der Waals surface area contributed by atoms with Crippen LogP contribution in [0.2, 0.25) is 0 Å². The largest absolute Gasteiger partial charge is 0.476 e. The number of ether oxygens (including phenoxy) is 2. The van der Waals surface area contributed by atoms with Crippen LogP contribution in [0.3, 0.4) is 0 Å². The molecule has 6 rings (SSSR count). The molecule has 38 heavy (non-hydrogen) atoms. The van der Waals surface area contributed by atoms with E-state index < -0.39 is 5.60 Å². The Morgan fingerprint density at radius 1 is 1.24 bits per heavy atom. The second-order valence-electron chi connectivity index (χ2n) is 10.6. The number of nitrogens with zero attached hydrogens (tertiary/aromatic N) is 7. The minimum Gasteiger partial charge on any atom is -0.476 e. The number of rotatable bonds is 4. The second-order valence-corrected chi connectivity index (χ2v) is 10.6. The highest BCUT2D eigenvalue weighted by Gasteiger charge is 2.42. The van der Waals surface area contributed by atoms with Gasteiger partial charge in [-0.2, -0.15) is 10.2 Å². The van der Waals surface area contributed by atoms with Crippen LogP contribution >= 0.6 is 0 Å². The number of aromatic amines is 1. The highest BCUT2D eigenvalue weighted by molar-refractivity contribution is 5.92. The summed E-state index contributed by atoms with van der Waals surface area (Å²) in [4.78, 5) is 6.91. The van der Waals surface area contributed by atoms with Crippen molar-refractivity contribution in [2.75, 3.05) is 20.2 Å². The zero-order valence-electron chi connectivity index (χ0n) is 22.5. The van der Waals surface area contributed by atoms with E-state index in [1.54, 1.807) is 10.9 Å². The van der Waals surface area contributed by atoms with Crippen LogP contribution in [0.25, 0.3) is 34.3 Å². The molecule has 200 valence electrons. The molecular formula is C27H34N8O3. The van der Waals surface area contributed by atoms with E-state index in [1.807, 2.05) is 43.8 Å². The minimum atomic E-state index is -0.700. The topological polar surface area (TPSA) is 119 Å². The van der Waals surface area contributed by atoms with Crippen molar-refractivity contribution in [3.63, 3.8) is 0 Å². The van der Waals surface area contributed by atoms with E-state index in [1.165, 1.54) is 0 Å². The summed E-state index contributed by atoms with van der Waals surface area (Å²) in [6.45, 7) is 8.18. The Kier molecular flexibility index (Phi) is 5.99. The molecule has 4 aromatic rings. The first-order valence-corrected chi connectivity index (χ1v) is 13.1. The molecule has 2 N–H and O–H groups in total. The van der Waals surface area contributed by atoms with Crippen molar-refractivity contribution in [3.05, 3.63) is 34.9 Å². The van der Waals surface area contributed by atoms with Gasteiger partial charge in [0, 0.05) is 25.5 Å². The fourth-order valence-electron chi connectivity index (χ4n) is 5.19. The summed E-state index contributed by atoms with van der Waals surface area (Å²) in [6, 6.07) is 2.03. The molecule has 2 bridgehead atoms. The lowest BCUT2D eigenvalue weighted by Gasteiger charge is -2.23. The van der Waals surface area contributed by atoms with Crippen LogP contribution < -0.4 is 9.47 Å². The molecular weight excluding hydrogens is 484 g/mol. The highest BCUT2D eigenvalue weighted by Crippen LogP contribution is 2.39. The Bertz CT molecular complexity index is 1530. The van der Waals surface area contributed by atoms with Crippen molar-refractivity contribution < 1.29 is 14.6 Å². The average Bonchev–Trinajstić information content (AvgIpc) is 3.18. The molecule has 1 aliphatic carbocycles. The molecule has 1 saturated carbocycles. The number of pyridine rings is 1. The number of hydrogen-bond acceptors (Lipinski definition) is 8.